The van der Waals surface area contributed by atoms with E-state index < -0.39 is 0 Å². The van der Waals surface area contributed by atoms with Gasteiger partial charge < -0.3 is 19.8 Å². The molecule has 1 aromatic heterocycles. The molecule has 1 fully saturated rings. The number of amides is 1. The van der Waals surface area contributed by atoms with Gasteiger partial charge >= 0.3 is 0 Å². The van der Waals surface area contributed by atoms with Gasteiger partial charge in [0, 0.05) is 31.7 Å². The van der Waals surface area contributed by atoms with E-state index >= 15 is 0 Å². The van der Waals surface area contributed by atoms with Gasteiger partial charge in [0.1, 0.15) is 5.82 Å². The zero-order valence-electron chi connectivity index (χ0n) is 17.6. The van der Waals surface area contributed by atoms with Gasteiger partial charge in [0.05, 0.1) is 17.6 Å². The van der Waals surface area contributed by atoms with Crippen molar-refractivity contribution >= 4 is 22.9 Å². The second-order valence-electron chi connectivity index (χ2n) is 7.76. The molecule has 164 valence electrons. The van der Waals surface area contributed by atoms with E-state index in [0.29, 0.717) is 32.7 Å². The number of hydrogen-bond donors (Lipinski definition) is 0. The second kappa shape index (κ2) is 9.20. The summed E-state index contributed by atoms with van der Waals surface area (Å²) in [6, 6.07) is 24.1. The van der Waals surface area contributed by atoms with Crippen molar-refractivity contribution in [2.75, 3.05) is 31.1 Å². The van der Waals surface area contributed by atoms with Crippen LogP contribution in [0.5, 0.6) is 0 Å². The Hall–Kier alpha value is -3.71. The van der Waals surface area contributed by atoms with Crippen molar-refractivity contribution in [3.05, 3.63) is 95.8 Å². The summed E-state index contributed by atoms with van der Waals surface area (Å²) in [6.07, 6.45) is 0. The lowest BCUT2D eigenvalue weighted by molar-refractivity contribution is 0.0746. The van der Waals surface area contributed by atoms with Crippen LogP contribution < -0.4 is 4.90 Å². The van der Waals surface area contributed by atoms with Crippen molar-refractivity contribution in [2.24, 2.45) is 0 Å². The number of carbonyl (C=O) groups excluding carboxylic acids is 1. The number of para-hydroxylation sites is 2. The topological polar surface area (TPSA) is 72.9 Å². The Morgan fingerprint density at radius 1 is 0.844 bits per heavy atom. The average Bonchev–Trinajstić information content (AvgIpc) is 3.19. The van der Waals surface area contributed by atoms with Crippen LogP contribution in [0.25, 0.3) is 11.0 Å². The van der Waals surface area contributed by atoms with Gasteiger partial charge in [0.25, 0.3) is 5.91 Å². The highest BCUT2D eigenvalue weighted by Crippen LogP contribution is 2.25. The minimum absolute atomic E-state index is 0. The molecule has 3 aromatic carbocycles. The van der Waals surface area contributed by atoms with E-state index in [2.05, 4.69) is 15.5 Å². The molecule has 0 bridgehead atoms. The van der Waals surface area contributed by atoms with Crippen LogP contribution in [0.2, 0.25) is 0 Å². The molecule has 0 saturated carbocycles. The lowest BCUT2D eigenvalue weighted by atomic mass is 10.2. The van der Waals surface area contributed by atoms with Gasteiger partial charge in [-0.25, -0.2) is 9.37 Å². The Kier molecular flexibility index (Phi) is 6.18. The normalized spacial score (nSPS) is 13.8. The van der Waals surface area contributed by atoms with E-state index in [0.717, 1.165) is 28.1 Å². The Balaban J connectivity index is 0.00000245. The van der Waals surface area contributed by atoms with Gasteiger partial charge in [-0.05, 0) is 42.0 Å². The van der Waals surface area contributed by atoms with Crippen LogP contribution in [0, 0.1) is 5.82 Å². The third-order valence-electron chi connectivity index (χ3n) is 5.76. The molecule has 2 N–H and O–H groups in total. The van der Waals surface area contributed by atoms with E-state index in [9.17, 15) is 9.18 Å². The Morgan fingerprint density at radius 2 is 1.50 bits per heavy atom. The molecule has 1 aliphatic heterocycles. The number of fused-ring (bicyclic) bond motifs is 1. The van der Waals surface area contributed by atoms with Crippen LogP contribution >= 0.6 is 0 Å². The van der Waals surface area contributed by atoms with Gasteiger partial charge in [0.15, 0.2) is 0 Å². The van der Waals surface area contributed by atoms with E-state index in [4.69, 9.17) is 4.98 Å². The van der Waals surface area contributed by atoms with Gasteiger partial charge in [-0.2, -0.15) is 0 Å². The fourth-order valence-corrected chi connectivity index (χ4v) is 4.11. The van der Waals surface area contributed by atoms with Gasteiger partial charge in [-0.15, -0.1) is 0 Å². The first-order valence-electron chi connectivity index (χ1n) is 10.5. The van der Waals surface area contributed by atoms with E-state index in [1.54, 1.807) is 0 Å². The summed E-state index contributed by atoms with van der Waals surface area (Å²) in [5.74, 6) is 0.719. The van der Waals surface area contributed by atoms with Crippen LogP contribution in [0.3, 0.4) is 0 Å². The van der Waals surface area contributed by atoms with Crippen molar-refractivity contribution in [3.63, 3.8) is 0 Å². The molecule has 2 heterocycles. The highest BCUT2D eigenvalue weighted by atomic mass is 19.1. The number of rotatable bonds is 4. The number of carbonyl (C=O) groups is 1. The zero-order valence-corrected chi connectivity index (χ0v) is 17.6. The van der Waals surface area contributed by atoms with Crippen LogP contribution in [0.1, 0.15) is 15.9 Å². The summed E-state index contributed by atoms with van der Waals surface area (Å²) in [5, 5.41) is 0. The smallest absolute Gasteiger partial charge is 0.253 e. The third kappa shape index (κ3) is 4.20. The summed E-state index contributed by atoms with van der Waals surface area (Å²) >= 11 is 0. The highest BCUT2D eigenvalue weighted by Gasteiger charge is 2.25. The molecule has 4 aromatic rings. The maximum atomic E-state index is 13.4. The fourth-order valence-electron chi connectivity index (χ4n) is 4.11. The molecule has 1 aliphatic rings. The zero-order chi connectivity index (χ0) is 21.2. The largest absolute Gasteiger partial charge is 0.412 e. The summed E-state index contributed by atoms with van der Waals surface area (Å²) in [4.78, 5) is 21.8. The van der Waals surface area contributed by atoms with Gasteiger partial charge in [-0.1, -0.05) is 42.5 Å². The molecule has 1 amide bonds. The van der Waals surface area contributed by atoms with E-state index in [-0.39, 0.29) is 17.2 Å². The van der Waals surface area contributed by atoms with E-state index in [1.807, 2.05) is 65.6 Å². The SMILES string of the molecule is O.O=C(c1ccccc1)N1CCN(c2nc3ccccc3n2Cc2ccc(F)cc2)CC1. The van der Waals surface area contributed by atoms with Crippen molar-refractivity contribution in [1.82, 2.24) is 14.5 Å². The van der Waals surface area contributed by atoms with E-state index in [1.165, 1.54) is 12.1 Å². The molecule has 7 heteroatoms. The lowest BCUT2D eigenvalue weighted by Gasteiger charge is -2.35. The van der Waals surface area contributed by atoms with Crippen molar-refractivity contribution in [3.8, 4) is 0 Å². The Bertz CT molecular complexity index is 1200. The molecular formula is C25H25FN4O2. The summed E-state index contributed by atoms with van der Waals surface area (Å²) in [5.41, 5.74) is 3.72. The van der Waals surface area contributed by atoms with Crippen molar-refractivity contribution < 1.29 is 14.7 Å². The number of imidazole rings is 1. The quantitative estimate of drug-likeness (QED) is 0.496. The molecule has 0 aliphatic carbocycles. The van der Waals surface area contributed by atoms with Crippen molar-refractivity contribution in [1.29, 1.82) is 0 Å². The number of halogens is 1. The Labute approximate surface area is 185 Å². The number of piperazine rings is 1. The molecule has 6 nitrogen and oxygen atoms in total. The minimum atomic E-state index is -0.237. The average molecular weight is 432 g/mol. The summed E-state index contributed by atoms with van der Waals surface area (Å²) in [6.45, 7) is 3.33. The van der Waals surface area contributed by atoms with Gasteiger partial charge in [-0.3, -0.25) is 4.79 Å². The first kappa shape index (κ1) is 21.5. The van der Waals surface area contributed by atoms with Crippen LogP contribution in [-0.4, -0.2) is 52.0 Å². The predicted octanol–water partition coefficient (Wildman–Crippen LogP) is 3.36. The van der Waals surface area contributed by atoms with Crippen molar-refractivity contribution in [2.45, 2.75) is 6.54 Å². The number of hydrogen-bond acceptors (Lipinski definition) is 3. The maximum absolute atomic E-state index is 13.4. The second-order valence-corrected chi connectivity index (χ2v) is 7.76. The molecule has 0 unspecified atom stereocenters. The summed E-state index contributed by atoms with van der Waals surface area (Å²) in [7, 11) is 0. The van der Waals surface area contributed by atoms with Crippen LogP contribution in [0.4, 0.5) is 10.3 Å². The lowest BCUT2D eigenvalue weighted by Crippen LogP contribution is -2.49. The molecular weight excluding hydrogens is 407 g/mol. The summed E-state index contributed by atoms with van der Waals surface area (Å²) < 4.78 is 15.5. The monoisotopic (exact) mass is 432 g/mol. The first-order valence-corrected chi connectivity index (χ1v) is 10.5. The highest BCUT2D eigenvalue weighted by molar-refractivity contribution is 5.94. The molecule has 5 rings (SSSR count). The number of anilines is 1. The predicted molar refractivity (Wildman–Crippen MR) is 123 cm³/mol. The first-order chi connectivity index (χ1) is 15.2. The number of nitrogens with zero attached hydrogens (tertiary/aromatic N) is 4. The molecule has 0 spiro atoms. The molecule has 0 atom stereocenters. The third-order valence-corrected chi connectivity index (χ3v) is 5.76. The van der Waals surface area contributed by atoms with Crippen LogP contribution in [-0.2, 0) is 6.54 Å². The standard InChI is InChI=1S/C25H23FN4O.H2O/c26-21-12-10-19(11-13-21)18-30-23-9-5-4-8-22(23)27-25(30)29-16-14-28(15-17-29)24(31)20-6-2-1-3-7-20;/h1-13H,14-18H2;1H2. The molecule has 32 heavy (non-hydrogen) atoms. The Morgan fingerprint density at radius 3 is 2.22 bits per heavy atom. The molecule has 0 radical (unpaired) electrons. The fraction of sp³-hybridized carbons (Fsp3) is 0.200. The molecule has 1 saturated heterocycles. The van der Waals surface area contributed by atoms with Crippen LogP contribution in [0.15, 0.2) is 78.9 Å². The minimum Gasteiger partial charge on any atom is -0.412 e. The van der Waals surface area contributed by atoms with Gasteiger partial charge in [0.2, 0.25) is 5.95 Å². The number of aromatic nitrogens is 2. The maximum Gasteiger partial charge on any atom is 0.253 e. The number of benzene rings is 3.